The van der Waals surface area contributed by atoms with Gasteiger partial charge in [-0.25, -0.2) is 4.39 Å². The summed E-state index contributed by atoms with van der Waals surface area (Å²) in [6, 6.07) is 3.61. The van der Waals surface area contributed by atoms with Crippen LogP contribution in [-0.2, 0) is 11.2 Å². The maximum absolute atomic E-state index is 13.4. The molecule has 0 spiro atoms. The topological polar surface area (TPSA) is 35.2 Å². The Balaban J connectivity index is 2.35. The van der Waals surface area contributed by atoms with Gasteiger partial charge in [0, 0.05) is 17.7 Å². The second kappa shape index (κ2) is 7.07. The Labute approximate surface area is 113 Å². The number of ether oxygens (including phenoxy) is 1. The van der Waals surface area contributed by atoms with Gasteiger partial charge in [-0.1, -0.05) is 11.6 Å². The van der Waals surface area contributed by atoms with Crippen LogP contribution in [0.15, 0.2) is 18.2 Å². The molecule has 0 bridgehead atoms. The second-order valence-electron chi connectivity index (χ2n) is 4.16. The van der Waals surface area contributed by atoms with Gasteiger partial charge < -0.3 is 10.5 Å². The Kier molecular flexibility index (Phi) is 6.03. The van der Waals surface area contributed by atoms with Gasteiger partial charge >= 0.3 is 6.18 Å². The number of hydrogen-bond donors (Lipinski definition) is 1. The van der Waals surface area contributed by atoms with Gasteiger partial charge in [-0.05, 0) is 36.6 Å². The number of nitrogens with two attached hydrogens (primary N) is 1. The zero-order valence-electron chi connectivity index (χ0n) is 10.0. The summed E-state index contributed by atoms with van der Waals surface area (Å²) in [5.74, 6) is -0.434. The van der Waals surface area contributed by atoms with Crippen LogP contribution in [0.1, 0.15) is 12.0 Å². The van der Waals surface area contributed by atoms with Crippen molar-refractivity contribution < 1.29 is 22.3 Å². The molecule has 0 saturated heterocycles. The predicted molar refractivity (Wildman–Crippen MR) is 64.6 cm³/mol. The molecule has 0 amide bonds. The number of alkyl halides is 3. The van der Waals surface area contributed by atoms with Gasteiger partial charge in [-0.2, -0.15) is 13.2 Å². The van der Waals surface area contributed by atoms with Crippen molar-refractivity contribution in [2.75, 3.05) is 13.2 Å². The molecule has 0 heterocycles. The van der Waals surface area contributed by atoms with E-state index in [-0.39, 0.29) is 19.4 Å². The van der Waals surface area contributed by atoms with Crippen molar-refractivity contribution in [2.24, 2.45) is 5.73 Å². The summed E-state index contributed by atoms with van der Waals surface area (Å²) < 4.78 is 53.2. The molecule has 108 valence electrons. The minimum absolute atomic E-state index is 0.122. The van der Waals surface area contributed by atoms with E-state index in [1.165, 1.54) is 18.2 Å². The Hall–Kier alpha value is -0.850. The number of rotatable bonds is 6. The summed E-state index contributed by atoms with van der Waals surface area (Å²) >= 11 is 5.72. The first-order chi connectivity index (χ1) is 8.78. The van der Waals surface area contributed by atoms with Crippen molar-refractivity contribution in [3.63, 3.8) is 0 Å². The fourth-order valence-electron chi connectivity index (χ4n) is 1.51. The molecule has 7 heteroatoms. The van der Waals surface area contributed by atoms with Gasteiger partial charge in [-0.3, -0.25) is 0 Å². The molecule has 1 rings (SSSR count). The third-order valence-corrected chi connectivity index (χ3v) is 2.62. The van der Waals surface area contributed by atoms with Gasteiger partial charge in [0.15, 0.2) is 0 Å². The van der Waals surface area contributed by atoms with Crippen LogP contribution in [0.3, 0.4) is 0 Å². The summed E-state index contributed by atoms with van der Waals surface area (Å²) in [4.78, 5) is 0. The molecule has 19 heavy (non-hydrogen) atoms. The maximum Gasteiger partial charge on any atom is 0.411 e. The van der Waals surface area contributed by atoms with Crippen LogP contribution in [0.2, 0.25) is 5.02 Å². The van der Waals surface area contributed by atoms with Crippen LogP contribution in [0.5, 0.6) is 0 Å². The summed E-state index contributed by atoms with van der Waals surface area (Å²) in [5, 5.41) is 0.386. The zero-order valence-corrected chi connectivity index (χ0v) is 10.8. The highest BCUT2D eigenvalue weighted by atomic mass is 35.5. The first kappa shape index (κ1) is 16.2. The molecule has 1 atom stereocenters. The molecule has 0 saturated carbocycles. The van der Waals surface area contributed by atoms with Gasteiger partial charge in [0.05, 0.1) is 0 Å². The van der Waals surface area contributed by atoms with Crippen LogP contribution in [0.25, 0.3) is 0 Å². The predicted octanol–water partition coefficient (Wildman–Crippen LogP) is 3.32. The van der Waals surface area contributed by atoms with Crippen LogP contribution in [-0.4, -0.2) is 25.4 Å². The molecule has 2 N–H and O–H groups in total. The highest BCUT2D eigenvalue weighted by Gasteiger charge is 2.27. The third kappa shape index (κ3) is 6.75. The summed E-state index contributed by atoms with van der Waals surface area (Å²) in [5.41, 5.74) is 6.05. The van der Waals surface area contributed by atoms with Gasteiger partial charge in [0.25, 0.3) is 0 Å². The molecule has 0 radical (unpaired) electrons. The summed E-state index contributed by atoms with van der Waals surface area (Å²) in [7, 11) is 0. The average molecular weight is 300 g/mol. The lowest BCUT2D eigenvalue weighted by Crippen LogP contribution is -2.26. The fourth-order valence-corrected chi connectivity index (χ4v) is 1.70. The molecule has 1 unspecified atom stereocenters. The van der Waals surface area contributed by atoms with Crippen molar-refractivity contribution in [2.45, 2.75) is 25.1 Å². The SMILES string of the molecule is NC(CCOCC(F)(F)F)Cc1cc(Cl)ccc1F. The van der Waals surface area contributed by atoms with Gasteiger partial charge in [-0.15, -0.1) is 0 Å². The van der Waals surface area contributed by atoms with E-state index in [9.17, 15) is 17.6 Å². The van der Waals surface area contributed by atoms with E-state index in [1.807, 2.05) is 0 Å². The highest BCUT2D eigenvalue weighted by Crippen LogP contribution is 2.17. The smallest absolute Gasteiger partial charge is 0.372 e. The Morgan fingerprint density at radius 3 is 2.63 bits per heavy atom. The molecule has 0 fully saturated rings. The van der Waals surface area contributed by atoms with E-state index in [2.05, 4.69) is 4.74 Å². The number of benzene rings is 1. The van der Waals surface area contributed by atoms with E-state index in [1.54, 1.807) is 0 Å². The van der Waals surface area contributed by atoms with Crippen molar-refractivity contribution in [1.29, 1.82) is 0 Å². The van der Waals surface area contributed by atoms with Crippen LogP contribution in [0.4, 0.5) is 17.6 Å². The quantitative estimate of drug-likeness (QED) is 0.646. The van der Waals surface area contributed by atoms with Crippen LogP contribution >= 0.6 is 11.6 Å². The molecule has 2 nitrogen and oxygen atoms in total. The van der Waals surface area contributed by atoms with Gasteiger partial charge in [0.2, 0.25) is 0 Å². The van der Waals surface area contributed by atoms with E-state index in [0.29, 0.717) is 10.6 Å². The van der Waals surface area contributed by atoms with Crippen molar-refractivity contribution in [3.05, 3.63) is 34.6 Å². The van der Waals surface area contributed by atoms with E-state index in [0.717, 1.165) is 0 Å². The lowest BCUT2D eigenvalue weighted by atomic mass is 10.0. The molecule has 0 aliphatic heterocycles. The zero-order chi connectivity index (χ0) is 14.5. The lowest BCUT2D eigenvalue weighted by molar-refractivity contribution is -0.174. The minimum atomic E-state index is -4.34. The Bertz CT molecular complexity index is 411. The monoisotopic (exact) mass is 299 g/mol. The van der Waals surface area contributed by atoms with E-state index < -0.39 is 24.6 Å². The summed E-state index contributed by atoms with van der Waals surface area (Å²) in [6.07, 6.45) is -3.94. The van der Waals surface area contributed by atoms with Crippen LogP contribution in [0, 0.1) is 5.82 Å². The third-order valence-electron chi connectivity index (χ3n) is 2.39. The van der Waals surface area contributed by atoms with Crippen molar-refractivity contribution >= 4 is 11.6 Å². The maximum atomic E-state index is 13.4. The molecule has 0 aliphatic carbocycles. The van der Waals surface area contributed by atoms with Crippen LogP contribution < -0.4 is 5.73 Å². The largest absolute Gasteiger partial charge is 0.411 e. The first-order valence-electron chi connectivity index (χ1n) is 5.62. The standard InChI is InChI=1S/C12H14ClF4NO/c13-9-1-2-11(14)8(5-9)6-10(18)3-4-19-7-12(15,16)17/h1-2,5,10H,3-4,6-7,18H2. The molecule has 0 aromatic heterocycles. The molecule has 1 aromatic carbocycles. The van der Waals surface area contributed by atoms with E-state index >= 15 is 0 Å². The molecule has 0 aliphatic rings. The highest BCUT2D eigenvalue weighted by molar-refractivity contribution is 6.30. The minimum Gasteiger partial charge on any atom is -0.372 e. The molecular weight excluding hydrogens is 286 g/mol. The normalized spacial score (nSPS) is 13.6. The second-order valence-corrected chi connectivity index (χ2v) is 4.59. The van der Waals surface area contributed by atoms with Gasteiger partial charge in [0.1, 0.15) is 12.4 Å². The summed E-state index contributed by atoms with van der Waals surface area (Å²) in [6.45, 7) is -1.42. The van der Waals surface area contributed by atoms with E-state index in [4.69, 9.17) is 17.3 Å². The number of halogens is 5. The van der Waals surface area contributed by atoms with Crippen molar-refractivity contribution in [3.8, 4) is 0 Å². The number of hydrogen-bond acceptors (Lipinski definition) is 2. The Morgan fingerprint density at radius 1 is 1.32 bits per heavy atom. The van der Waals surface area contributed by atoms with Crippen molar-refractivity contribution in [1.82, 2.24) is 0 Å². The first-order valence-corrected chi connectivity index (χ1v) is 6.00. The fraction of sp³-hybridized carbons (Fsp3) is 0.500. The lowest BCUT2D eigenvalue weighted by Gasteiger charge is -2.13. The molecule has 1 aromatic rings. The average Bonchev–Trinajstić information content (AvgIpc) is 2.28. The molecular formula is C12H14ClF4NO. The Morgan fingerprint density at radius 2 is 2.00 bits per heavy atom.